The molecule has 0 aliphatic rings. The zero-order chi connectivity index (χ0) is 21.9. The Bertz CT molecular complexity index is 1280. The van der Waals surface area contributed by atoms with Crippen LogP contribution in [0.15, 0.2) is 79.9 Å². The average molecular weight is 465 g/mol. The van der Waals surface area contributed by atoms with Gasteiger partial charge >= 0.3 is 0 Å². The lowest BCUT2D eigenvalue weighted by Gasteiger charge is -2.10. The van der Waals surface area contributed by atoms with Crippen LogP contribution in [0.4, 0.5) is 34.1 Å². The number of hydrogen-bond acceptors (Lipinski definition) is 8. The van der Waals surface area contributed by atoms with E-state index < -0.39 is 20.7 Å². The monoisotopic (exact) mass is 464 g/mol. The number of nitrogens with two attached hydrogens (primary N) is 2. The van der Waals surface area contributed by atoms with Gasteiger partial charge in [0.15, 0.2) is 0 Å². The molecule has 0 aliphatic heterocycles. The van der Waals surface area contributed by atoms with Gasteiger partial charge in [0.1, 0.15) is 27.6 Å². The van der Waals surface area contributed by atoms with E-state index in [0.29, 0.717) is 21.4 Å². The molecule has 30 heavy (non-hydrogen) atoms. The van der Waals surface area contributed by atoms with Gasteiger partial charge in [-0.05, 0) is 30.3 Å². The molecule has 5 N–H and O–H groups in total. The fourth-order valence-electron chi connectivity index (χ4n) is 2.34. The molecule has 0 spiro atoms. The predicted molar refractivity (Wildman–Crippen MR) is 116 cm³/mol. The zero-order valence-electron chi connectivity index (χ0n) is 15.1. The number of benzene rings is 3. The average Bonchev–Trinajstić information content (AvgIpc) is 2.68. The van der Waals surface area contributed by atoms with Gasteiger partial charge in [-0.25, -0.2) is 0 Å². The van der Waals surface area contributed by atoms with Gasteiger partial charge in [0, 0.05) is 0 Å². The normalized spacial score (nSPS) is 12.1. The molecule has 0 bridgehead atoms. The lowest BCUT2D eigenvalue weighted by Crippen LogP contribution is -2.05. The summed E-state index contributed by atoms with van der Waals surface area (Å²) in [6.45, 7) is 0. The van der Waals surface area contributed by atoms with Crippen LogP contribution in [0.2, 0.25) is 10.0 Å². The van der Waals surface area contributed by atoms with E-state index in [1.54, 1.807) is 48.5 Å². The third-order valence-corrected chi connectivity index (χ3v) is 5.36. The largest absolute Gasteiger partial charge is 0.396 e. The van der Waals surface area contributed by atoms with Crippen LogP contribution < -0.4 is 11.5 Å². The Balaban J connectivity index is 2.16. The molecule has 0 fully saturated rings. The topological polar surface area (TPSA) is 156 Å². The summed E-state index contributed by atoms with van der Waals surface area (Å²) in [6.07, 6.45) is 0. The lowest BCUT2D eigenvalue weighted by molar-refractivity contribution is 0.483. The summed E-state index contributed by atoms with van der Waals surface area (Å²) >= 11 is 12.1. The lowest BCUT2D eigenvalue weighted by atomic mass is 10.2. The van der Waals surface area contributed by atoms with Gasteiger partial charge < -0.3 is 11.5 Å². The molecule has 154 valence electrons. The maximum Gasteiger partial charge on any atom is 0.296 e. The molecular weight excluding hydrogens is 451 g/mol. The number of anilines is 2. The van der Waals surface area contributed by atoms with Crippen molar-refractivity contribution in [3.05, 3.63) is 64.6 Å². The van der Waals surface area contributed by atoms with Crippen LogP contribution in [0.3, 0.4) is 0 Å². The fraction of sp³-hybridized carbons (Fsp3) is 0. The van der Waals surface area contributed by atoms with Crippen LogP contribution in [0.25, 0.3) is 0 Å². The molecule has 0 saturated carbocycles. The molecule has 0 atom stereocenters. The SMILES string of the molecule is Nc1c(/N=N/c2ccccc2Cl)cc(S(=O)(=O)O)c(N)c1/N=N/c1ccccc1Cl. The number of rotatable bonds is 5. The van der Waals surface area contributed by atoms with E-state index in [9.17, 15) is 13.0 Å². The van der Waals surface area contributed by atoms with Gasteiger partial charge in [-0.2, -0.15) is 8.42 Å². The summed E-state index contributed by atoms with van der Waals surface area (Å²) in [5.41, 5.74) is 11.7. The molecule has 0 aromatic heterocycles. The van der Waals surface area contributed by atoms with Crippen LogP contribution in [0.1, 0.15) is 0 Å². The van der Waals surface area contributed by atoms with Crippen molar-refractivity contribution in [2.45, 2.75) is 4.90 Å². The summed E-state index contributed by atoms with van der Waals surface area (Å²) in [5, 5.41) is 16.4. The van der Waals surface area contributed by atoms with Crippen LogP contribution in [-0.2, 0) is 10.1 Å². The molecule has 0 aliphatic carbocycles. The minimum Gasteiger partial charge on any atom is -0.396 e. The zero-order valence-corrected chi connectivity index (χ0v) is 17.4. The van der Waals surface area contributed by atoms with Crippen LogP contribution >= 0.6 is 23.2 Å². The van der Waals surface area contributed by atoms with Gasteiger partial charge in [0.25, 0.3) is 10.1 Å². The Morgan fingerprint density at radius 2 is 1.20 bits per heavy atom. The van der Waals surface area contributed by atoms with Crippen molar-refractivity contribution in [3.8, 4) is 0 Å². The van der Waals surface area contributed by atoms with E-state index >= 15 is 0 Å². The predicted octanol–water partition coefficient (Wildman–Crippen LogP) is 6.24. The van der Waals surface area contributed by atoms with Gasteiger partial charge in [0.2, 0.25) is 0 Å². The van der Waals surface area contributed by atoms with E-state index in [0.717, 1.165) is 6.07 Å². The summed E-state index contributed by atoms with van der Waals surface area (Å²) in [5.74, 6) is 0. The van der Waals surface area contributed by atoms with Crippen molar-refractivity contribution in [2.24, 2.45) is 20.5 Å². The molecule has 9 nitrogen and oxygen atoms in total. The summed E-state index contributed by atoms with van der Waals surface area (Å²) < 4.78 is 33.1. The van der Waals surface area contributed by atoms with Crippen molar-refractivity contribution in [1.82, 2.24) is 0 Å². The number of azo groups is 2. The second kappa shape index (κ2) is 8.76. The molecule has 0 heterocycles. The van der Waals surface area contributed by atoms with Gasteiger partial charge in [-0.15, -0.1) is 20.5 Å². The van der Waals surface area contributed by atoms with Crippen LogP contribution in [0, 0.1) is 0 Å². The molecule has 12 heteroatoms. The highest BCUT2D eigenvalue weighted by atomic mass is 35.5. The Morgan fingerprint density at radius 3 is 1.70 bits per heavy atom. The number of hydrogen-bond donors (Lipinski definition) is 3. The summed E-state index contributed by atoms with van der Waals surface area (Å²) in [7, 11) is -4.71. The Kier molecular flexibility index (Phi) is 6.32. The minimum absolute atomic E-state index is 0.105. The van der Waals surface area contributed by atoms with Crippen molar-refractivity contribution >= 4 is 67.4 Å². The number of nitrogens with zero attached hydrogens (tertiary/aromatic N) is 4. The molecular formula is C18H14Cl2N6O3S. The van der Waals surface area contributed by atoms with Gasteiger partial charge in [0.05, 0.1) is 21.4 Å². The Hall–Kier alpha value is -3.05. The molecule has 0 amide bonds. The highest BCUT2D eigenvalue weighted by molar-refractivity contribution is 7.86. The Morgan fingerprint density at radius 1 is 0.733 bits per heavy atom. The van der Waals surface area contributed by atoms with E-state index in [-0.39, 0.29) is 17.1 Å². The van der Waals surface area contributed by atoms with E-state index in [1.807, 2.05) is 0 Å². The minimum atomic E-state index is -4.71. The number of nitrogen functional groups attached to an aromatic ring is 2. The van der Waals surface area contributed by atoms with E-state index in [2.05, 4.69) is 20.5 Å². The molecule has 0 radical (unpaired) electrons. The first-order valence-electron chi connectivity index (χ1n) is 8.20. The van der Waals surface area contributed by atoms with Crippen molar-refractivity contribution in [3.63, 3.8) is 0 Å². The van der Waals surface area contributed by atoms with Crippen LogP contribution in [0.5, 0.6) is 0 Å². The molecule has 3 rings (SSSR count). The van der Waals surface area contributed by atoms with E-state index in [1.165, 1.54) is 0 Å². The maximum atomic E-state index is 11.8. The van der Waals surface area contributed by atoms with Crippen molar-refractivity contribution in [1.29, 1.82) is 0 Å². The smallest absolute Gasteiger partial charge is 0.296 e. The molecule has 3 aromatic carbocycles. The van der Waals surface area contributed by atoms with Crippen molar-refractivity contribution < 1.29 is 13.0 Å². The first kappa shape index (κ1) is 21.7. The van der Waals surface area contributed by atoms with Crippen LogP contribution in [-0.4, -0.2) is 13.0 Å². The molecule has 0 unspecified atom stereocenters. The highest BCUT2D eigenvalue weighted by Crippen LogP contribution is 2.43. The first-order chi connectivity index (χ1) is 14.2. The third-order valence-electron chi connectivity index (χ3n) is 3.83. The highest BCUT2D eigenvalue weighted by Gasteiger charge is 2.22. The summed E-state index contributed by atoms with van der Waals surface area (Å²) in [4.78, 5) is -0.641. The maximum absolute atomic E-state index is 11.8. The van der Waals surface area contributed by atoms with Gasteiger partial charge in [-0.3, -0.25) is 4.55 Å². The molecule has 0 saturated heterocycles. The number of halogens is 2. The molecule has 3 aromatic rings. The second-order valence-corrected chi connectivity index (χ2v) is 8.05. The second-order valence-electron chi connectivity index (χ2n) is 5.85. The quantitative estimate of drug-likeness (QED) is 0.231. The Labute approximate surface area is 181 Å². The third kappa shape index (κ3) is 4.74. The first-order valence-corrected chi connectivity index (χ1v) is 10.4. The summed E-state index contributed by atoms with van der Waals surface area (Å²) in [6, 6.07) is 14.2. The van der Waals surface area contributed by atoms with Crippen molar-refractivity contribution in [2.75, 3.05) is 11.5 Å². The van der Waals surface area contributed by atoms with E-state index in [4.69, 9.17) is 34.7 Å². The fourth-order valence-corrected chi connectivity index (χ4v) is 3.33. The van der Waals surface area contributed by atoms with Gasteiger partial charge in [-0.1, -0.05) is 47.5 Å². The standard InChI is InChI=1S/C18H14Cl2N6O3S/c19-10-5-1-3-7-12(10)23-25-14-9-15(30(27,28)29)17(22)18(16(14)21)26-24-13-8-4-2-6-11(13)20/h1-9H,21-22H2,(H,27,28,29)/b25-23+,26-24+.